The Morgan fingerprint density at radius 1 is 1.20 bits per heavy atom. The number of hydrogen-bond acceptors (Lipinski definition) is 2. The fourth-order valence-corrected chi connectivity index (χ4v) is 0.262. The molecule has 0 saturated heterocycles. The number of aliphatic carboxylic acids is 1. The minimum absolute atomic E-state index is 0.986. The first-order valence-corrected chi connectivity index (χ1v) is 3.15. The normalized spacial score (nSPS) is 13.3. The quantitative estimate of drug-likeness (QED) is 0.607. The summed E-state index contributed by atoms with van der Waals surface area (Å²) in [6.45, 7) is 5.97. The van der Waals surface area contributed by atoms with E-state index in [2.05, 4.69) is 0 Å². The molecular weight excluding hydrogens is 132 g/mol. The van der Waals surface area contributed by atoms with E-state index in [1.807, 2.05) is 0 Å². The fraction of sp³-hybridized carbons (Fsp3) is 0.857. The Morgan fingerprint density at radius 2 is 1.50 bits per heavy atom. The highest BCUT2D eigenvalue weighted by Crippen LogP contribution is 2.29. The average Bonchev–Trinajstić information content (AvgIpc) is 1.62. The van der Waals surface area contributed by atoms with Gasteiger partial charge in [-0.15, -0.1) is 0 Å². The summed E-state index contributed by atoms with van der Waals surface area (Å²) < 4.78 is 0. The summed E-state index contributed by atoms with van der Waals surface area (Å²) >= 11 is 0. The standard InChI is InChI=1S/C7H14O3/c1-6(2,5(8)9)7(3,4)10/h10H,1-4H3,(H,8,9). The molecule has 2 N–H and O–H groups in total. The van der Waals surface area contributed by atoms with E-state index in [0.717, 1.165) is 0 Å². The Labute approximate surface area is 60.7 Å². The summed E-state index contributed by atoms with van der Waals surface area (Å²) in [4.78, 5) is 10.5. The van der Waals surface area contributed by atoms with Crippen molar-refractivity contribution in [1.29, 1.82) is 0 Å². The molecule has 0 aliphatic heterocycles. The van der Waals surface area contributed by atoms with E-state index in [4.69, 9.17) is 5.11 Å². The first kappa shape index (κ1) is 9.43. The number of aliphatic hydroxyl groups is 1. The lowest BCUT2D eigenvalue weighted by molar-refractivity contribution is -0.160. The van der Waals surface area contributed by atoms with Gasteiger partial charge < -0.3 is 10.2 Å². The average molecular weight is 146 g/mol. The molecule has 0 atom stereocenters. The largest absolute Gasteiger partial charge is 0.481 e. The molecule has 60 valence electrons. The van der Waals surface area contributed by atoms with Crippen molar-refractivity contribution in [3.8, 4) is 0 Å². The van der Waals surface area contributed by atoms with Crippen LogP contribution in [0.5, 0.6) is 0 Å². The molecule has 0 unspecified atom stereocenters. The monoisotopic (exact) mass is 146 g/mol. The van der Waals surface area contributed by atoms with Crippen molar-refractivity contribution in [3.63, 3.8) is 0 Å². The first-order chi connectivity index (χ1) is 4.19. The molecule has 0 heterocycles. The Bertz CT molecular complexity index is 141. The van der Waals surface area contributed by atoms with Crippen LogP contribution in [0.4, 0.5) is 0 Å². The molecule has 0 amide bonds. The third-order valence-corrected chi connectivity index (χ3v) is 2.06. The van der Waals surface area contributed by atoms with Gasteiger partial charge in [0.15, 0.2) is 0 Å². The van der Waals surface area contributed by atoms with Crippen LogP contribution in [0.25, 0.3) is 0 Å². The lowest BCUT2D eigenvalue weighted by atomic mass is 9.77. The predicted molar refractivity (Wildman–Crippen MR) is 37.7 cm³/mol. The smallest absolute Gasteiger partial charge is 0.311 e. The highest BCUT2D eigenvalue weighted by Gasteiger charge is 2.41. The number of carbonyl (C=O) groups is 1. The van der Waals surface area contributed by atoms with Gasteiger partial charge in [-0.05, 0) is 27.7 Å². The Morgan fingerprint density at radius 3 is 1.50 bits per heavy atom. The number of carboxylic acid groups (broad SMARTS) is 1. The summed E-state index contributed by atoms with van der Waals surface area (Å²) in [5, 5.41) is 18.0. The van der Waals surface area contributed by atoms with Crippen molar-refractivity contribution in [2.24, 2.45) is 5.41 Å². The number of hydrogen-bond donors (Lipinski definition) is 2. The fourth-order valence-electron chi connectivity index (χ4n) is 0.262. The second-order valence-corrected chi connectivity index (χ2v) is 3.49. The molecule has 0 fully saturated rings. The van der Waals surface area contributed by atoms with E-state index in [1.54, 1.807) is 0 Å². The molecule has 0 saturated carbocycles. The summed E-state index contributed by atoms with van der Waals surface area (Å²) in [7, 11) is 0. The molecule has 0 aromatic heterocycles. The van der Waals surface area contributed by atoms with Crippen molar-refractivity contribution in [3.05, 3.63) is 0 Å². The van der Waals surface area contributed by atoms with Gasteiger partial charge in [0, 0.05) is 0 Å². The number of rotatable bonds is 2. The highest BCUT2D eigenvalue weighted by molar-refractivity contribution is 5.75. The van der Waals surface area contributed by atoms with Crippen LogP contribution in [-0.4, -0.2) is 21.8 Å². The topological polar surface area (TPSA) is 57.5 Å². The predicted octanol–water partition coefficient (Wildman–Crippen LogP) is 0.868. The van der Waals surface area contributed by atoms with E-state index in [0.29, 0.717) is 0 Å². The SMILES string of the molecule is CC(C)(O)C(C)(C)C(=O)O. The van der Waals surface area contributed by atoms with E-state index >= 15 is 0 Å². The summed E-state index contributed by atoms with van der Waals surface area (Å²) in [5.74, 6) is -0.986. The molecule has 10 heavy (non-hydrogen) atoms. The molecule has 3 nitrogen and oxygen atoms in total. The van der Waals surface area contributed by atoms with Gasteiger partial charge in [-0.25, -0.2) is 0 Å². The van der Waals surface area contributed by atoms with E-state index in [-0.39, 0.29) is 0 Å². The third kappa shape index (κ3) is 1.48. The second kappa shape index (κ2) is 2.23. The van der Waals surface area contributed by atoms with Gasteiger partial charge in [-0.2, -0.15) is 0 Å². The maximum atomic E-state index is 10.5. The lowest BCUT2D eigenvalue weighted by Gasteiger charge is -2.32. The van der Waals surface area contributed by atoms with Gasteiger partial charge in [0.2, 0.25) is 0 Å². The molecule has 3 heteroatoms. The molecule has 0 rings (SSSR count). The van der Waals surface area contributed by atoms with Crippen molar-refractivity contribution in [1.82, 2.24) is 0 Å². The van der Waals surface area contributed by atoms with Crippen molar-refractivity contribution in [2.75, 3.05) is 0 Å². The number of carboxylic acids is 1. The maximum absolute atomic E-state index is 10.5. The third-order valence-electron chi connectivity index (χ3n) is 2.06. The van der Waals surface area contributed by atoms with E-state index in [9.17, 15) is 9.90 Å². The van der Waals surface area contributed by atoms with E-state index < -0.39 is 17.0 Å². The highest BCUT2D eigenvalue weighted by atomic mass is 16.4. The molecule has 0 bridgehead atoms. The van der Waals surface area contributed by atoms with Crippen molar-refractivity contribution in [2.45, 2.75) is 33.3 Å². The van der Waals surface area contributed by atoms with Gasteiger partial charge in [0.1, 0.15) is 0 Å². The summed E-state index contributed by atoms with van der Waals surface area (Å²) in [5.41, 5.74) is -2.27. The molecule has 0 aromatic rings. The molecular formula is C7H14O3. The Kier molecular flexibility index (Phi) is 2.11. The van der Waals surface area contributed by atoms with E-state index in [1.165, 1.54) is 27.7 Å². The van der Waals surface area contributed by atoms with Gasteiger partial charge in [-0.1, -0.05) is 0 Å². The molecule has 0 aliphatic carbocycles. The van der Waals surface area contributed by atoms with Crippen LogP contribution in [0.3, 0.4) is 0 Å². The first-order valence-electron chi connectivity index (χ1n) is 3.15. The summed E-state index contributed by atoms with van der Waals surface area (Å²) in [6, 6.07) is 0. The van der Waals surface area contributed by atoms with Gasteiger partial charge in [0.25, 0.3) is 0 Å². The zero-order valence-corrected chi connectivity index (χ0v) is 6.80. The van der Waals surface area contributed by atoms with Crippen LogP contribution >= 0.6 is 0 Å². The van der Waals surface area contributed by atoms with Gasteiger partial charge in [0.05, 0.1) is 11.0 Å². The van der Waals surface area contributed by atoms with Crippen LogP contribution in [0, 0.1) is 5.41 Å². The minimum atomic E-state index is -1.18. The van der Waals surface area contributed by atoms with Crippen LogP contribution in [0.1, 0.15) is 27.7 Å². The molecule has 0 spiro atoms. The van der Waals surface area contributed by atoms with Gasteiger partial charge >= 0.3 is 5.97 Å². The van der Waals surface area contributed by atoms with Crippen LogP contribution in [-0.2, 0) is 4.79 Å². The van der Waals surface area contributed by atoms with Crippen LogP contribution < -0.4 is 0 Å². The van der Waals surface area contributed by atoms with Gasteiger partial charge in [-0.3, -0.25) is 4.79 Å². The van der Waals surface area contributed by atoms with Crippen LogP contribution in [0.2, 0.25) is 0 Å². The molecule has 0 aliphatic rings. The molecule has 0 radical (unpaired) electrons. The summed E-state index contributed by atoms with van der Waals surface area (Å²) in [6.07, 6.45) is 0. The zero-order chi connectivity index (χ0) is 8.58. The zero-order valence-electron chi connectivity index (χ0n) is 6.80. The lowest BCUT2D eigenvalue weighted by Crippen LogP contribution is -2.44. The van der Waals surface area contributed by atoms with Crippen LogP contribution in [0.15, 0.2) is 0 Å². The maximum Gasteiger partial charge on any atom is 0.311 e. The Hall–Kier alpha value is -0.570. The molecule has 0 aromatic carbocycles. The minimum Gasteiger partial charge on any atom is -0.481 e. The van der Waals surface area contributed by atoms with Crippen molar-refractivity contribution < 1.29 is 15.0 Å². The van der Waals surface area contributed by atoms with Crippen molar-refractivity contribution >= 4 is 5.97 Å². The Balaban J connectivity index is 4.57. The second-order valence-electron chi connectivity index (χ2n) is 3.49.